The van der Waals surface area contributed by atoms with E-state index >= 15 is 0 Å². The van der Waals surface area contributed by atoms with Gasteiger partial charge in [-0.05, 0) is 31.9 Å². The SMILES string of the molecule is NS(=O)(=O)c1ncc(C(F)F)c(Br)c1Br. The first-order valence-electron chi connectivity index (χ1n) is 3.40. The normalized spacial score (nSPS) is 12.1. The van der Waals surface area contributed by atoms with E-state index in [1.54, 1.807) is 0 Å². The lowest BCUT2D eigenvalue weighted by molar-refractivity contribution is 0.150. The maximum Gasteiger partial charge on any atom is 0.266 e. The predicted octanol–water partition coefficient (Wildman–Crippen LogP) is 2.19. The summed E-state index contributed by atoms with van der Waals surface area (Å²) < 4.78 is 46.5. The zero-order chi connectivity index (χ0) is 11.8. The monoisotopic (exact) mass is 364 g/mol. The minimum atomic E-state index is -4.03. The number of nitrogens with two attached hydrogens (primary N) is 1. The molecular formula is C6H4Br2F2N2O2S. The molecule has 84 valence electrons. The number of hydrogen-bond acceptors (Lipinski definition) is 3. The highest BCUT2D eigenvalue weighted by Crippen LogP contribution is 2.35. The summed E-state index contributed by atoms with van der Waals surface area (Å²) in [6.07, 6.45) is -1.99. The van der Waals surface area contributed by atoms with E-state index in [0.717, 1.165) is 6.20 Å². The molecule has 0 atom stereocenters. The van der Waals surface area contributed by atoms with E-state index in [-0.39, 0.29) is 8.95 Å². The van der Waals surface area contributed by atoms with Crippen LogP contribution in [-0.4, -0.2) is 13.4 Å². The standard InChI is InChI=1S/C6H4Br2F2N2O2S/c7-3-2(5(9)10)1-12-6(4(3)8)15(11,13)14/h1,5H,(H2,11,13,14). The molecule has 9 heteroatoms. The molecule has 0 bridgehead atoms. The van der Waals surface area contributed by atoms with Gasteiger partial charge in [0.25, 0.3) is 16.4 Å². The van der Waals surface area contributed by atoms with E-state index in [0.29, 0.717) is 0 Å². The van der Waals surface area contributed by atoms with Crippen LogP contribution in [0, 0.1) is 0 Å². The lowest BCUT2D eigenvalue weighted by Gasteiger charge is -2.07. The maximum atomic E-state index is 12.4. The molecule has 1 aromatic heterocycles. The summed E-state index contributed by atoms with van der Waals surface area (Å²) >= 11 is 5.67. The van der Waals surface area contributed by atoms with E-state index in [2.05, 4.69) is 36.8 Å². The number of sulfonamides is 1. The lowest BCUT2D eigenvalue weighted by Crippen LogP contribution is -2.15. The number of aromatic nitrogens is 1. The summed E-state index contributed by atoms with van der Waals surface area (Å²) in [5.74, 6) is 0. The average Bonchev–Trinajstić information content (AvgIpc) is 2.06. The Morgan fingerprint density at radius 2 is 1.87 bits per heavy atom. The molecule has 0 radical (unpaired) electrons. The van der Waals surface area contributed by atoms with Gasteiger partial charge >= 0.3 is 0 Å². The fourth-order valence-electron chi connectivity index (χ4n) is 0.813. The largest absolute Gasteiger partial charge is 0.266 e. The summed E-state index contributed by atoms with van der Waals surface area (Å²) in [4.78, 5) is 3.36. The second-order valence-corrected chi connectivity index (χ2v) is 5.56. The molecule has 1 aromatic rings. The smallest absolute Gasteiger partial charge is 0.242 e. The van der Waals surface area contributed by atoms with Gasteiger partial charge in [-0.25, -0.2) is 27.3 Å². The third-order valence-electron chi connectivity index (χ3n) is 1.46. The van der Waals surface area contributed by atoms with E-state index in [4.69, 9.17) is 5.14 Å². The average molecular weight is 366 g/mol. The molecule has 0 unspecified atom stereocenters. The van der Waals surface area contributed by atoms with Gasteiger partial charge in [0.1, 0.15) is 0 Å². The molecule has 0 aliphatic heterocycles. The van der Waals surface area contributed by atoms with Gasteiger partial charge in [0.05, 0.1) is 10.0 Å². The molecule has 0 aromatic carbocycles. The van der Waals surface area contributed by atoms with Gasteiger partial charge in [0.15, 0.2) is 5.03 Å². The summed E-state index contributed by atoms with van der Waals surface area (Å²) in [5, 5.41) is 4.34. The van der Waals surface area contributed by atoms with Crippen molar-refractivity contribution in [3.63, 3.8) is 0 Å². The summed E-state index contributed by atoms with van der Waals surface area (Å²) in [7, 11) is -4.03. The highest BCUT2D eigenvalue weighted by atomic mass is 79.9. The van der Waals surface area contributed by atoms with Crippen molar-refractivity contribution in [1.82, 2.24) is 4.98 Å². The van der Waals surface area contributed by atoms with E-state index in [1.165, 1.54) is 0 Å². The zero-order valence-corrected chi connectivity index (χ0v) is 10.9. The van der Waals surface area contributed by atoms with E-state index < -0.39 is 27.0 Å². The van der Waals surface area contributed by atoms with Gasteiger partial charge in [0, 0.05) is 10.7 Å². The fourth-order valence-corrected chi connectivity index (χ4v) is 2.97. The Balaban J connectivity index is 3.48. The molecule has 0 fully saturated rings. The summed E-state index contributed by atoms with van der Waals surface area (Å²) in [6.45, 7) is 0. The molecular weight excluding hydrogens is 362 g/mol. The highest BCUT2D eigenvalue weighted by molar-refractivity contribution is 9.13. The van der Waals surface area contributed by atoms with Crippen molar-refractivity contribution in [1.29, 1.82) is 0 Å². The number of nitrogens with zero attached hydrogens (tertiary/aromatic N) is 1. The Labute approximate surface area is 101 Å². The number of halogens is 4. The zero-order valence-electron chi connectivity index (χ0n) is 6.92. The molecule has 1 rings (SSSR count). The molecule has 4 nitrogen and oxygen atoms in total. The Hall–Kier alpha value is -0.120. The number of pyridine rings is 1. The Morgan fingerprint density at radius 1 is 1.33 bits per heavy atom. The summed E-state index contributed by atoms with van der Waals surface area (Å²) in [6, 6.07) is 0. The predicted molar refractivity (Wildman–Crippen MR) is 56.0 cm³/mol. The van der Waals surface area contributed by atoms with Crippen molar-refractivity contribution in [3.8, 4) is 0 Å². The quantitative estimate of drug-likeness (QED) is 0.873. The second-order valence-electron chi connectivity index (χ2n) is 2.49. The van der Waals surface area contributed by atoms with Crippen LogP contribution in [0.5, 0.6) is 0 Å². The number of primary sulfonamides is 1. The molecule has 1 heterocycles. The molecule has 0 amide bonds. The minimum Gasteiger partial charge on any atom is -0.242 e. The number of rotatable bonds is 2. The van der Waals surface area contributed by atoms with Crippen LogP contribution in [0.1, 0.15) is 12.0 Å². The third kappa shape index (κ3) is 2.71. The van der Waals surface area contributed by atoms with Crippen LogP contribution in [0.15, 0.2) is 20.2 Å². The second kappa shape index (κ2) is 4.40. The number of alkyl halides is 2. The van der Waals surface area contributed by atoms with Gasteiger partial charge < -0.3 is 0 Å². The van der Waals surface area contributed by atoms with E-state index in [9.17, 15) is 17.2 Å². The topological polar surface area (TPSA) is 73.1 Å². The van der Waals surface area contributed by atoms with Crippen molar-refractivity contribution in [2.45, 2.75) is 11.5 Å². The van der Waals surface area contributed by atoms with Crippen LogP contribution in [0.2, 0.25) is 0 Å². The van der Waals surface area contributed by atoms with Crippen LogP contribution in [0.25, 0.3) is 0 Å². The van der Waals surface area contributed by atoms with Gasteiger partial charge in [-0.3, -0.25) is 0 Å². The lowest BCUT2D eigenvalue weighted by atomic mass is 10.3. The maximum absolute atomic E-state index is 12.4. The first kappa shape index (κ1) is 12.9. The molecule has 15 heavy (non-hydrogen) atoms. The van der Waals surface area contributed by atoms with Crippen LogP contribution in [-0.2, 0) is 10.0 Å². The third-order valence-corrected chi connectivity index (χ3v) is 4.73. The van der Waals surface area contributed by atoms with E-state index in [1.807, 2.05) is 0 Å². The Bertz CT molecular complexity index is 492. The first-order chi connectivity index (χ1) is 6.75. The van der Waals surface area contributed by atoms with Gasteiger partial charge in [-0.1, -0.05) is 0 Å². The Morgan fingerprint density at radius 3 is 2.27 bits per heavy atom. The molecule has 0 aliphatic rings. The fraction of sp³-hybridized carbons (Fsp3) is 0.167. The first-order valence-corrected chi connectivity index (χ1v) is 6.53. The van der Waals surface area contributed by atoms with Gasteiger partial charge in [-0.15, -0.1) is 0 Å². The molecule has 0 aliphatic carbocycles. The van der Waals surface area contributed by atoms with Gasteiger partial charge in [-0.2, -0.15) is 0 Å². The van der Waals surface area contributed by atoms with Crippen LogP contribution in [0.4, 0.5) is 8.78 Å². The van der Waals surface area contributed by atoms with Crippen molar-refractivity contribution < 1.29 is 17.2 Å². The van der Waals surface area contributed by atoms with Crippen LogP contribution >= 0.6 is 31.9 Å². The molecule has 0 spiro atoms. The summed E-state index contributed by atoms with van der Waals surface area (Å²) in [5.41, 5.74) is -0.408. The molecule has 0 saturated heterocycles. The molecule has 0 saturated carbocycles. The van der Waals surface area contributed by atoms with Gasteiger partial charge in [0.2, 0.25) is 0 Å². The highest BCUT2D eigenvalue weighted by Gasteiger charge is 2.22. The van der Waals surface area contributed by atoms with Crippen molar-refractivity contribution in [2.75, 3.05) is 0 Å². The molecule has 2 N–H and O–H groups in total. The van der Waals surface area contributed by atoms with Crippen LogP contribution in [0.3, 0.4) is 0 Å². The van der Waals surface area contributed by atoms with Crippen molar-refractivity contribution in [2.24, 2.45) is 5.14 Å². The Kier molecular flexibility index (Phi) is 3.80. The van der Waals surface area contributed by atoms with Crippen molar-refractivity contribution >= 4 is 41.9 Å². The van der Waals surface area contributed by atoms with Crippen molar-refractivity contribution in [3.05, 3.63) is 20.7 Å². The minimum absolute atomic E-state index is 0.0727. The number of hydrogen-bond donors (Lipinski definition) is 1. The van der Waals surface area contributed by atoms with Crippen LogP contribution < -0.4 is 5.14 Å².